The Morgan fingerprint density at radius 1 is 0.938 bits per heavy atom. The van der Waals surface area contributed by atoms with Gasteiger partial charge in [-0.25, -0.2) is 0 Å². The molecule has 3 heterocycles. The number of thioether (sulfide) groups is 1. The molecule has 2 aliphatic heterocycles. The van der Waals surface area contributed by atoms with E-state index in [4.69, 9.17) is 0 Å². The van der Waals surface area contributed by atoms with Gasteiger partial charge in [0.05, 0.1) is 12.3 Å². The minimum atomic E-state index is 0.0708. The fourth-order valence-corrected chi connectivity index (χ4v) is 5.45. The van der Waals surface area contributed by atoms with Gasteiger partial charge in [0.2, 0.25) is 11.8 Å². The van der Waals surface area contributed by atoms with Crippen molar-refractivity contribution in [2.75, 3.05) is 31.9 Å². The number of nitrogens with zero attached hydrogens (tertiary/aromatic N) is 5. The van der Waals surface area contributed by atoms with Gasteiger partial charge in [0.15, 0.2) is 5.16 Å². The van der Waals surface area contributed by atoms with Gasteiger partial charge in [-0.3, -0.25) is 9.59 Å². The van der Waals surface area contributed by atoms with Crippen molar-refractivity contribution in [1.82, 2.24) is 24.6 Å². The Morgan fingerprint density at radius 3 is 2.31 bits per heavy atom. The maximum Gasteiger partial charge on any atom is 0.233 e. The quantitative estimate of drug-likeness (QED) is 0.625. The highest BCUT2D eigenvalue weighted by atomic mass is 32.2. The van der Waals surface area contributed by atoms with Gasteiger partial charge in [0, 0.05) is 32.1 Å². The summed E-state index contributed by atoms with van der Waals surface area (Å²) in [5, 5.41) is 9.26. The SMILES string of the molecule is Cc1nnc(SCC(=O)N2CCC(C(=O)N3CCCCCC3)CC2)n1Cc1ccccc1. The van der Waals surface area contributed by atoms with Crippen molar-refractivity contribution >= 4 is 23.6 Å². The molecule has 32 heavy (non-hydrogen) atoms. The maximum atomic E-state index is 12.9. The van der Waals surface area contributed by atoms with Crippen molar-refractivity contribution in [1.29, 1.82) is 0 Å². The van der Waals surface area contributed by atoms with Gasteiger partial charge in [-0.05, 0) is 38.2 Å². The lowest BCUT2D eigenvalue weighted by atomic mass is 9.95. The first-order valence-corrected chi connectivity index (χ1v) is 12.7. The molecule has 0 saturated carbocycles. The molecule has 0 atom stereocenters. The number of aromatic nitrogens is 3. The second-order valence-corrected chi connectivity index (χ2v) is 9.73. The van der Waals surface area contributed by atoms with E-state index in [9.17, 15) is 9.59 Å². The van der Waals surface area contributed by atoms with Gasteiger partial charge < -0.3 is 14.4 Å². The van der Waals surface area contributed by atoms with E-state index in [1.54, 1.807) is 0 Å². The second-order valence-electron chi connectivity index (χ2n) is 8.78. The maximum absolute atomic E-state index is 12.9. The minimum Gasteiger partial charge on any atom is -0.342 e. The zero-order valence-corrected chi connectivity index (χ0v) is 19.7. The molecule has 2 aromatic rings. The molecule has 0 bridgehead atoms. The first-order chi connectivity index (χ1) is 15.6. The number of hydrogen-bond acceptors (Lipinski definition) is 5. The number of hydrogen-bond donors (Lipinski definition) is 0. The third kappa shape index (κ3) is 5.71. The highest BCUT2D eigenvalue weighted by Gasteiger charge is 2.30. The van der Waals surface area contributed by atoms with Crippen molar-refractivity contribution in [3.05, 3.63) is 41.7 Å². The van der Waals surface area contributed by atoms with Crippen LogP contribution in [0.1, 0.15) is 49.9 Å². The van der Waals surface area contributed by atoms with E-state index >= 15 is 0 Å². The Balaban J connectivity index is 1.26. The predicted molar refractivity (Wildman–Crippen MR) is 125 cm³/mol. The molecule has 172 valence electrons. The fraction of sp³-hybridized carbons (Fsp3) is 0.583. The number of carbonyl (C=O) groups is 2. The first-order valence-electron chi connectivity index (χ1n) is 11.7. The van der Waals surface area contributed by atoms with Crippen LogP contribution in [-0.2, 0) is 16.1 Å². The normalized spacial score (nSPS) is 17.9. The van der Waals surface area contributed by atoms with Crippen LogP contribution in [0.3, 0.4) is 0 Å². The van der Waals surface area contributed by atoms with E-state index in [0.29, 0.717) is 31.3 Å². The van der Waals surface area contributed by atoms with Gasteiger partial charge in [0.1, 0.15) is 5.82 Å². The van der Waals surface area contributed by atoms with Crippen LogP contribution in [0.15, 0.2) is 35.5 Å². The van der Waals surface area contributed by atoms with Crippen LogP contribution in [0, 0.1) is 12.8 Å². The molecule has 0 aliphatic carbocycles. The Morgan fingerprint density at radius 2 is 1.62 bits per heavy atom. The summed E-state index contributed by atoms with van der Waals surface area (Å²) in [7, 11) is 0. The Kier molecular flexibility index (Phi) is 7.84. The fourth-order valence-electron chi connectivity index (χ4n) is 4.56. The molecule has 0 radical (unpaired) electrons. The van der Waals surface area contributed by atoms with Crippen LogP contribution in [-0.4, -0.2) is 68.3 Å². The summed E-state index contributed by atoms with van der Waals surface area (Å²) >= 11 is 1.44. The summed E-state index contributed by atoms with van der Waals surface area (Å²) in [5.41, 5.74) is 1.18. The first kappa shape index (κ1) is 22.8. The van der Waals surface area contributed by atoms with Gasteiger partial charge in [-0.15, -0.1) is 10.2 Å². The van der Waals surface area contributed by atoms with Crippen molar-refractivity contribution in [3.63, 3.8) is 0 Å². The standard InChI is InChI=1S/C24H33N5O2S/c1-19-25-26-24(29(19)17-20-9-5-4-6-10-20)32-18-22(30)27-15-11-21(12-16-27)23(31)28-13-7-2-3-8-14-28/h4-6,9-10,21H,2-3,7-8,11-18H2,1H3. The number of amides is 2. The zero-order chi connectivity index (χ0) is 22.3. The van der Waals surface area contributed by atoms with Gasteiger partial charge in [-0.1, -0.05) is 54.9 Å². The number of rotatable bonds is 6. The Bertz CT molecular complexity index is 900. The van der Waals surface area contributed by atoms with Crippen molar-refractivity contribution < 1.29 is 9.59 Å². The summed E-state index contributed by atoms with van der Waals surface area (Å²) in [4.78, 5) is 29.7. The van der Waals surface area contributed by atoms with Crippen LogP contribution < -0.4 is 0 Å². The summed E-state index contributed by atoms with van der Waals surface area (Å²) < 4.78 is 2.05. The molecule has 2 fully saturated rings. The molecule has 1 aromatic heterocycles. The summed E-state index contributed by atoms with van der Waals surface area (Å²) in [5.74, 6) is 1.68. The smallest absolute Gasteiger partial charge is 0.233 e. The van der Waals surface area contributed by atoms with Crippen LogP contribution >= 0.6 is 11.8 Å². The van der Waals surface area contributed by atoms with Gasteiger partial charge in [-0.2, -0.15) is 0 Å². The molecule has 4 rings (SSSR count). The highest BCUT2D eigenvalue weighted by molar-refractivity contribution is 7.99. The predicted octanol–water partition coefficient (Wildman–Crippen LogP) is 3.37. The number of aryl methyl sites for hydroxylation is 1. The molecule has 8 heteroatoms. The average molecular weight is 456 g/mol. The Labute approximate surface area is 194 Å². The van der Waals surface area contributed by atoms with Crippen molar-refractivity contribution in [2.24, 2.45) is 5.92 Å². The Hall–Kier alpha value is -2.35. The molecular formula is C24H33N5O2S. The third-order valence-corrected chi connectivity index (χ3v) is 7.48. The lowest BCUT2D eigenvalue weighted by molar-refractivity contribution is -0.139. The van der Waals surface area contributed by atoms with E-state index in [-0.39, 0.29) is 11.8 Å². The molecule has 0 unspecified atom stereocenters. The van der Waals surface area contributed by atoms with Crippen molar-refractivity contribution in [3.8, 4) is 0 Å². The van der Waals surface area contributed by atoms with E-state index in [1.807, 2.05) is 30.0 Å². The van der Waals surface area contributed by atoms with Crippen LogP contribution in [0.5, 0.6) is 0 Å². The topological polar surface area (TPSA) is 71.3 Å². The number of likely N-dealkylation sites (tertiary alicyclic amines) is 2. The van der Waals surface area contributed by atoms with Crippen molar-refractivity contribution in [2.45, 2.75) is 57.1 Å². The third-order valence-electron chi connectivity index (χ3n) is 6.52. The lowest BCUT2D eigenvalue weighted by Gasteiger charge is -2.34. The molecule has 0 spiro atoms. The highest BCUT2D eigenvalue weighted by Crippen LogP contribution is 2.24. The van der Waals surface area contributed by atoms with Crippen LogP contribution in [0.2, 0.25) is 0 Å². The number of benzene rings is 1. The van der Waals surface area contributed by atoms with Gasteiger partial charge in [0.25, 0.3) is 0 Å². The van der Waals surface area contributed by atoms with Gasteiger partial charge >= 0.3 is 0 Å². The van der Waals surface area contributed by atoms with E-state index in [0.717, 1.165) is 49.8 Å². The second kappa shape index (κ2) is 11.0. The summed E-state index contributed by atoms with van der Waals surface area (Å²) in [6, 6.07) is 10.2. The van der Waals surface area contributed by atoms with E-state index in [1.165, 1.54) is 30.2 Å². The zero-order valence-electron chi connectivity index (χ0n) is 18.9. The average Bonchev–Trinajstić information content (AvgIpc) is 3.01. The summed E-state index contributed by atoms with van der Waals surface area (Å²) in [6.07, 6.45) is 6.24. The molecule has 0 N–H and O–H groups in total. The molecule has 7 nitrogen and oxygen atoms in total. The molecule has 2 aliphatic rings. The molecular weight excluding hydrogens is 422 g/mol. The molecule has 2 saturated heterocycles. The largest absolute Gasteiger partial charge is 0.342 e. The van der Waals surface area contributed by atoms with Crippen LogP contribution in [0.25, 0.3) is 0 Å². The van der Waals surface area contributed by atoms with Crippen LogP contribution in [0.4, 0.5) is 0 Å². The molecule has 2 amide bonds. The number of piperidine rings is 1. The monoisotopic (exact) mass is 455 g/mol. The van der Waals surface area contributed by atoms with E-state index in [2.05, 4.69) is 31.8 Å². The van der Waals surface area contributed by atoms with E-state index < -0.39 is 0 Å². The summed E-state index contributed by atoms with van der Waals surface area (Å²) in [6.45, 7) is 5.77. The minimum absolute atomic E-state index is 0.0708. The number of carbonyl (C=O) groups excluding carboxylic acids is 2. The molecule has 1 aromatic carbocycles. The lowest BCUT2D eigenvalue weighted by Crippen LogP contribution is -2.45.